The fraction of sp³-hybridized carbons (Fsp3) is 0.533. The van der Waals surface area contributed by atoms with Crippen LogP contribution < -0.4 is 4.90 Å². The number of carbonyl (C=O) groups excluding carboxylic acids is 1. The van der Waals surface area contributed by atoms with Gasteiger partial charge in [0.2, 0.25) is 5.91 Å². The summed E-state index contributed by atoms with van der Waals surface area (Å²) in [5.41, 5.74) is 2.07. The van der Waals surface area contributed by atoms with Gasteiger partial charge in [0.1, 0.15) is 0 Å². The lowest BCUT2D eigenvalue weighted by atomic mass is 10.1. The molecule has 1 heterocycles. The Labute approximate surface area is 130 Å². The van der Waals surface area contributed by atoms with E-state index in [1.54, 1.807) is 19.1 Å². The van der Waals surface area contributed by atoms with Crippen molar-refractivity contribution in [2.75, 3.05) is 45.2 Å². The molecule has 7 heteroatoms. The van der Waals surface area contributed by atoms with Crippen molar-refractivity contribution in [1.82, 2.24) is 9.80 Å². The first-order valence-electron chi connectivity index (χ1n) is 7.31. The minimum Gasteiger partial charge on any atom is -0.368 e. The SMILES string of the molecule is CC(=O)N1CCN(c2ccc([N+](=O)[O-])cc2CN(C)C)CC1. The van der Waals surface area contributed by atoms with Gasteiger partial charge in [0.15, 0.2) is 0 Å². The number of piperazine rings is 1. The average Bonchev–Trinajstić information content (AvgIpc) is 2.46. The maximum atomic E-state index is 11.4. The molecule has 0 bridgehead atoms. The Hall–Kier alpha value is -2.15. The Balaban J connectivity index is 2.22. The molecule has 7 nitrogen and oxygen atoms in total. The van der Waals surface area contributed by atoms with Gasteiger partial charge in [-0.25, -0.2) is 0 Å². The first-order chi connectivity index (χ1) is 10.4. The molecule has 120 valence electrons. The van der Waals surface area contributed by atoms with Crippen molar-refractivity contribution in [1.29, 1.82) is 0 Å². The number of benzene rings is 1. The van der Waals surface area contributed by atoms with Crippen LogP contribution in [0.4, 0.5) is 11.4 Å². The summed E-state index contributed by atoms with van der Waals surface area (Å²) in [4.78, 5) is 28.0. The highest BCUT2D eigenvalue weighted by Crippen LogP contribution is 2.27. The molecule has 22 heavy (non-hydrogen) atoms. The number of carbonyl (C=O) groups is 1. The minimum absolute atomic E-state index is 0.0943. The molecule has 0 unspecified atom stereocenters. The van der Waals surface area contributed by atoms with Gasteiger partial charge in [0, 0.05) is 57.5 Å². The average molecular weight is 306 g/mol. The van der Waals surface area contributed by atoms with E-state index in [0.29, 0.717) is 19.6 Å². The smallest absolute Gasteiger partial charge is 0.269 e. The molecule has 0 aromatic heterocycles. The molecule has 1 aromatic rings. The highest BCUT2D eigenvalue weighted by atomic mass is 16.6. The zero-order valence-electron chi connectivity index (χ0n) is 13.3. The number of nitro benzene ring substituents is 1. The van der Waals surface area contributed by atoms with Crippen molar-refractivity contribution < 1.29 is 9.72 Å². The largest absolute Gasteiger partial charge is 0.368 e. The van der Waals surface area contributed by atoms with Gasteiger partial charge < -0.3 is 14.7 Å². The Morgan fingerprint density at radius 1 is 1.27 bits per heavy atom. The fourth-order valence-electron chi connectivity index (χ4n) is 2.72. The molecule has 1 aromatic carbocycles. The van der Waals surface area contributed by atoms with Gasteiger partial charge in [0.25, 0.3) is 5.69 Å². The van der Waals surface area contributed by atoms with Gasteiger partial charge in [-0.2, -0.15) is 0 Å². The quantitative estimate of drug-likeness (QED) is 0.620. The highest BCUT2D eigenvalue weighted by molar-refractivity contribution is 5.73. The highest BCUT2D eigenvalue weighted by Gasteiger charge is 2.22. The third-order valence-corrected chi connectivity index (χ3v) is 3.83. The molecule has 1 aliphatic heterocycles. The first-order valence-corrected chi connectivity index (χ1v) is 7.31. The van der Waals surface area contributed by atoms with Gasteiger partial charge in [-0.1, -0.05) is 0 Å². The maximum Gasteiger partial charge on any atom is 0.269 e. The normalized spacial score (nSPS) is 15.3. The van der Waals surface area contributed by atoms with Crippen LogP contribution in [0.25, 0.3) is 0 Å². The van der Waals surface area contributed by atoms with E-state index in [-0.39, 0.29) is 16.5 Å². The summed E-state index contributed by atoms with van der Waals surface area (Å²) in [6, 6.07) is 5.01. The Bertz CT molecular complexity index is 566. The summed E-state index contributed by atoms with van der Waals surface area (Å²) in [6.07, 6.45) is 0. The van der Waals surface area contributed by atoms with E-state index < -0.39 is 0 Å². The second kappa shape index (κ2) is 6.74. The van der Waals surface area contributed by atoms with Gasteiger partial charge in [0.05, 0.1) is 4.92 Å². The van der Waals surface area contributed by atoms with Gasteiger partial charge in [-0.3, -0.25) is 14.9 Å². The summed E-state index contributed by atoms with van der Waals surface area (Å²) in [5.74, 6) is 0.0943. The van der Waals surface area contributed by atoms with Crippen LogP contribution in [0.5, 0.6) is 0 Å². The van der Waals surface area contributed by atoms with Crippen LogP contribution in [0.1, 0.15) is 12.5 Å². The number of anilines is 1. The number of hydrogen-bond acceptors (Lipinski definition) is 5. The van der Waals surface area contributed by atoms with Crippen LogP contribution in [0, 0.1) is 10.1 Å². The molecule has 1 saturated heterocycles. The Morgan fingerprint density at radius 2 is 1.91 bits per heavy atom. The number of nitro groups is 1. The lowest BCUT2D eigenvalue weighted by Crippen LogP contribution is -2.48. The number of non-ortho nitro benzene ring substituents is 1. The second-order valence-corrected chi connectivity index (χ2v) is 5.80. The zero-order chi connectivity index (χ0) is 16.3. The molecule has 0 aliphatic carbocycles. The molecule has 0 spiro atoms. The molecule has 0 N–H and O–H groups in total. The lowest BCUT2D eigenvalue weighted by Gasteiger charge is -2.36. The monoisotopic (exact) mass is 306 g/mol. The maximum absolute atomic E-state index is 11.4. The van der Waals surface area contributed by atoms with Crippen molar-refractivity contribution in [3.63, 3.8) is 0 Å². The number of amides is 1. The molecule has 1 amide bonds. The van der Waals surface area contributed by atoms with E-state index in [9.17, 15) is 14.9 Å². The number of rotatable bonds is 4. The van der Waals surface area contributed by atoms with Gasteiger partial charge >= 0.3 is 0 Å². The standard InChI is InChI=1S/C15H22N4O3/c1-12(20)17-6-8-18(9-7-17)15-5-4-14(19(21)22)10-13(15)11-16(2)3/h4-5,10H,6-9,11H2,1-3H3. The number of nitrogens with zero attached hydrogens (tertiary/aromatic N) is 4. The van der Waals surface area contributed by atoms with Crippen LogP contribution in [-0.4, -0.2) is 60.9 Å². The first kappa shape index (κ1) is 16.2. The molecule has 1 fully saturated rings. The summed E-state index contributed by atoms with van der Waals surface area (Å²) in [7, 11) is 3.88. The summed E-state index contributed by atoms with van der Waals surface area (Å²) in [6.45, 7) is 5.10. The molecule has 2 rings (SSSR count). The molecular formula is C15H22N4O3. The van der Waals surface area contributed by atoms with Crippen LogP contribution >= 0.6 is 0 Å². The van der Waals surface area contributed by atoms with E-state index in [1.165, 1.54) is 0 Å². The topological polar surface area (TPSA) is 69.9 Å². The lowest BCUT2D eigenvalue weighted by molar-refractivity contribution is -0.384. The summed E-state index contributed by atoms with van der Waals surface area (Å²) < 4.78 is 0. The van der Waals surface area contributed by atoms with Gasteiger partial charge in [-0.15, -0.1) is 0 Å². The molecule has 0 saturated carbocycles. The zero-order valence-corrected chi connectivity index (χ0v) is 13.3. The fourth-order valence-corrected chi connectivity index (χ4v) is 2.72. The van der Waals surface area contributed by atoms with Crippen LogP contribution in [-0.2, 0) is 11.3 Å². The molecular weight excluding hydrogens is 284 g/mol. The molecule has 0 atom stereocenters. The Kier molecular flexibility index (Phi) is 4.97. The van der Waals surface area contributed by atoms with E-state index in [2.05, 4.69) is 4.90 Å². The Morgan fingerprint density at radius 3 is 2.41 bits per heavy atom. The van der Waals surface area contributed by atoms with Crippen molar-refractivity contribution in [2.24, 2.45) is 0 Å². The summed E-state index contributed by atoms with van der Waals surface area (Å²) >= 11 is 0. The summed E-state index contributed by atoms with van der Waals surface area (Å²) in [5, 5.41) is 11.0. The minimum atomic E-state index is -0.364. The van der Waals surface area contributed by atoms with Crippen LogP contribution in [0.3, 0.4) is 0 Å². The third kappa shape index (κ3) is 3.73. The predicted molar refractivity (Wildman–Crippen MR) is 85.0 cm³/mol. The van der Waals surface area contributed by atoms with Crippen molar-refractivity contribution >= 4 is 17.3 Å². The predicted octanol–water partition coefficient (Wildman–Crippen LogP) is 1.32. The van der Waals surface area contributed by atoms with Crippen molar-refractivity contribution in [2.45, 2.75) is 13.5 Å². The second-order valence-electron chi connectivity index (χ2n) is 5.80. The third-order valence-electron chi connectivity index (χ3n) is 3.83. The van der Waals surface area contributed by atoms with E-state index >= 15 is 0 Å². The van der Waals surface area contributed by atoms with Crippen LogP contribution in [0.2, 0.25) is 0 Å². The van der Waals surface area contributed by atoms with E-state index in [4.69, 9.17) is 0 Å². The van der Waals surface area contributed by atoms with Crippen molar-refractivity contribution in [3.05, 3.63) is 33.9 Å². The van der Waals surface area contributed by atoms with Crippen LogP contribution in [0.15, 0.2) is 18.2 Å². The number of hydrogen-bond donors (Lipinski definition) is 0. The van der Waals surface area contributed by atoms with E-state index in [0.717, 1.165) is 24.3 Å². The van der Waals surface area contributed by atoms with E-state index in [1.807, 2.05) is 30.0 Å². The molecule has 1 aliphatic rings. The molecule has 0 radical (unpaired) electrons. The van der Waals surface area contributed by atoms with Gasteiger partial charge in [-0.05, 0) is 25.7 Å². The van der Waals surface area contributed by atoms with Crippen molar-refractivity contribution in [3.8, 4) is 0 Å².